The first-order valence-corrected chi connectivity index (χ1v) is 4.68. The van der Waals surface area contributed by atoms with Gasteiger partial charge in [0.1, 0.15) is 0 Å². The van der Waals surface area contributed by atoms with Gasteiger partial charge in [-0.15, -0.1) is 0 Å². The zero-order chi connectivity index (χ0) is 9.90. The first-order valence-electron chi connectivity index (χ1n) is 4.68. The molecule has 0 aliphatic heterocycles. The number of carboxylic acids is 1. The normalized spacial score (nSPS) is 22.0. The highest BCUT2D eigenvalue weighted by Gasteiger charge is 2.42. The van der Waals surface area contributed by atoms with E-state index in [4.69, 9.17) is 9.84 Å². The van der Waals surface area contributed by atoms with Gasteiger partial charge in [0.2, 0.25) is 0 Å². The maximum atomic E-state index is 13.6. The van der Waals surface area contributed by atoms with Crippen molar-refractivity contribution >= 4 is 5.97 Å². The average molecular weight is 190 g/mol. The largest absolute Gasteiger partial charge is 0.477 e. The van der Waals surface area contributed by atoms with E-state index in [0.717, 1.165) is 19.3 Å². The van der Waals surface area contributed by atoms with E-state index in [1.54, 1.807) is 6.92 Å². The Morgan fingerprint density at radius 1 is 1.69 bits per heavy atom. The maximum absolute atomic E-state index is 13.6. The molecule has 0 aromatic carbocycles. The molecule has 1 fully saturated rings. The van der Waals surface area contributed by atoms with Crippen LogP contribution in [0.1, 0.15) is 39.0 Å². The molecule has 1 saturated carbocycles. The van der Waals surface area contributed by atoms with Crippen molar-refractivity contribution in [3.8, 4) is 0 Å². The predicted octanol–water partition coefficient (Wildman–Crippen LogP) is 2.11. The Kier molecular flexibility index (Phi) is 3.25. The second-order valence-corrected chi connectivity index (χ2v) is 3.45. The second-order valence-electron chi connectivity index (χ2n) is 3.45. The van der Waals surface area contributed by atoms with Gasteiger partial charge in [0.15, 0.2) is 0 Å². The third-order valence-electron chi connectivity index (χ3n) is 2.30. The molecule has 1 N–H and O–H groups in total. The van der Waals surface area contributed by atoms with E-state index >= 15 is 0 Å². The van der Waals surface area contributed by atoms with Gasteiger partial charge in [0.05, 0.1) is 6.10 Å². The lowest BCUT2D eigenvalue weighted by Gasteiger charge is -2.32. The number of halogens is 1. The van der Waals surface area contributed by atoms with Gasteiger partial charge in [-0.25, -0.2) is 4.79 Å². The van der Waals surface area contributed by atoms with Crippen molar-refractivity contribution in [1.29, 1.82) is 0 Å². The van der Waals surface area contributed by atoms with Crippen molar-refractivity contribution in [2.75, 3.05) is 0 Å². The maximum Gasteiger partial charge on any atom is 0.369 e. The van der Waals surface area contributed by atoms with Gasteiger partial charge in [-0.2, -0.15) is 4.39 Å². The van der Waals surface area contributed by atoms with Crippen molar-refractivity contribution in [2.45, 2.75) is 51.0 Å². The summed E-state index contributed by atoms with van der Waals surface area (Å²) in [5, 5.41) is 8.63. The van der Waals surface area contributed by atoms with Crippen LogP contribution in [0.15, 0.2) is 0 Å². The third-order valence-corrected chi connectivity index (χ3v) is 2.30. The lowest BCUT2D eigenvalue weighted by Crippen LogP contribution is -2.42. The minimum Gasteiger partial charge on any atom is -0.477 e. The third kappa shape index (κ3) is 2.40. The highest BCUT2D eigenvalue weighted by molar-refractivity contribution is 5.75. The van der Waals surface area contributed by atoms with Crippen LogP contribution in [0.3, 0.4) is 0 Å². The van der Waals surface area contributed by atoms with E-state index in [1.807, 2.05) is 0 Å². The van der Waals surface area contributed by atoms with Gasteiger partial charge in [-0.3, -0.25) is 0 Å². The van der Waals surface area contributed by atoms with Gasteiger partial charge in [-0.05, 0) is 19.3 Å². The van der Waals surface area contributed by atoms with Crippen molar-refractivity contribution < 1.29 is 19.0 Å². The summed E-state index contributed by atoms with van der Waals surface area (Å²) in [5.41, 5.74) is 0. The number of ether oxygens (including phenoxy) is 1. The topological polar surface area (TPSA) is 46.5 Å². The Labute approximate surface area is 76.9 Å². The standard InChI is InChI=1S/C9H15FO3/c1-2-6-9(10,8(11)12)13-7-4-3-5-7/h7H,2-6H2,1H3,(H,11,12). The summed E-state index contributed by atoms with van der Waals surface area (Å²) in [7, 11) is 0. The Morgan fingerprint density at radius 3 is 2.62 bits per heavy atom. The van der Waals surface area contributed by atoms with Crippen LogP contribution in [0.5, 0.6) is 0 Å². The van der Waals surface area contributed by atoms with Crippen LogP contribution < -0.4 is 0 Å². The molecule has 0 bridgehead atoms. The van der Waals surface area contributed by atoms with Crippen LogP contribution in [0, 0.1) is 0 Å². The SMILES string of the molecule is CCCC(F)(OC1CCC1)C(=O)O. The van der Waals surface area contributed by atoms with Gasteiger partial charge in [0.25, 0.3) is 0 Å². The highest BCUT2D eigenvalue weighted by atomic mass is 19.2. The van der Waals surface area contributed by atoms with Crippen LogP contribution >= 0.6 is 0 Å². The summed E-state index contributed by atoms with van der Waals surface area (Å²) in [6.07, 6.45) is 2.78. The fraction of sp³-hybridized carbons (Fsp3) is 0.889. The van der Waals surface area contributed by atoms with E-state index in [9.17, 15) is 9.18 Å². The Bertz CT molecular complexity index is 191. The molecular formula is C9H15FO3. The zero-order valence-corrected chi connectivity index (χ0v) is 7.75. The lowest BCUT2D eigenvalue weighted by atomic mass is 9.95. The lowest BCUT2D eigenvalue weighted by molar-refractivity contribution is -0.220. The van der Waals surface area contributed by atoms with Crippen molar-refractivity contribution in [2.24, 2.45) is 0 Å². The number of alkyl halides is 1. The van der Waals surface area contributed by atoms with Crippen molar-refractivity contribution in [1.82, 2.24) is 0 Å². The molecule has 76 valence electrons. The first kappa shape index (κ1) is 10.4. The number of carboxylic acid groups (broad SMARTS) is 1. The van der Waals surface area contributed by atoms with Crippen molar-refractivity contribution in [3.63, 3.8) is 0 Å². The van der Waals surface area contributed by atoms with E-state index in [2.05, 4.69) is 0 Å². The van der Waals surface area contributed by atoms with Crippen LogP contribution in [0.4, 0.5) is 4.39 Å². The number of carbonyl (C=O) groups is 1. The van der Waals surface area contributed by atoms with Gasteiger partial charge >= 0.3 is 11.8 Å². The molecule has 1 aliphatic rings. The van der Waals surface area contributed by atoms with Crippen LogP contribution in [0.2, 0.25) is 0 Å². The van der Waals surface area contributed by atoms with E-state index < -0.39 is 11.8 Å². The van der Waals surface area contributed by atoms with E-state index in [0.29, 0.717) is 6.42 Å². The second kappa shape index (κ2) is 4.05. The van der Waals surface area contributed by atoms with Crippen LogP contribution in [-0.4, -0.2) is 23.0 Å². The molecule has 0 aromatic heterocycles. The van der Waals surface area contributed by atoms with Gasteiger partial charge in [-0.1, -0.05) is 13.3 Å². The molecule has 4 heteroatoms. The molecule has 0 saturated heterocycles. The Balaban J connectivity index is 2.49. The monoisotopic (exact) mass is 190 g/mol. The quantitative estimate of drug-likeness (QED) is 0.722. The Morgan fingerprint density at radius 2 is 2.31 bits per heavy atom. The molecule has 0 aromatic rings. The summed E-state index contributed by atoms with van der Waals surface area (Å²) < 4.78 is 18.5. The summed E-state index contributed by atoms with van der Waals surface area (Å²) in [6.45, 7) is 1.74. The number of rotatable bonds is 5. The van der Waals surface area contributed by atoms with E-state index in [-0.39, 0.29) is 12.5 Å². The molecule has 0 radical (unpaired) electrons. The molecule has 0 spiro atoms. The number of aliphatic carboxylic acids is 1. The highest BCUT2D eigenvalue weighted by Crippen LogP contribution is 2.30. The van der Waals surface area contributed by atoms with Crippen LogP contribution in [-0.2, 0) is 9.53 Å². The van der Waals surface area contributed by atoms with Gasteiger partial charge < -0.3 is 9.84 Å². The number of hydrogen-bond donors (Lipinski definition) is 1. The molecule has 0 heterocycles. The molecule has 1 atom stereocenters. The predicted molar refractivity (Wildman–Crippen MR) is 45.1 cm³/mol. The number of hydrogen-bond acceptors (Lipinski definition) is 2. The smallest absolute Gasteiger partial charge is 0.369 e. The minimum atomic E-state index is -2.46. The van der Waals surface area contributed by atoms with Gasteiger partial charge in [0, 0.05) is 6.42 Å². The molecule has 1 aliphatic carbocycles. The van der Waals surface area contributed by atoms with Crippen molar-refractivity contribution in [3.05, 3.63) is 0 Å². The minimum absolute atomic E-state index is 0.0706. The molecule has 1 rings (SSSR count). The average Bonchev–Trinajstić information content (AvgIpc) is 1.97. The molecule has 0 amide bonds. The first-order chi connectivity index (χ1) is 6.08. The van der Waals surface area contributed by atoms with E-state index in [1.165, 1.54) is 0 Å². The molecule has 1 unspecified atom stereocenters. The summed E-state index contributed by atoms with van der Waals surface area (Å²) in [4.78, 5) is 10.6. The molecule has 13 heavy (non-hydrogen) atoms. The molecular weight excluding hydrogens is 175 g/mol. The molecule has 3 nitrogen and oxygen atoms in total. The van der Waals surface area contributed by atoms with Crippen LogP contribution in [0.25, 0.3) is 0 Å². The fourth-order valence-corrected chi connectivity index (χ4v) is 1.29. The fourth-order valence-electron chi connectivity index (χ4n) is 1.29. The summed E-state index contributed by atoms with van der Waals surface area (Å²) in [5.74, 6) is -3.96. The summed E-state index contributed by atoms with van der Waals surface area (Å²) in [6, 6.07) is 0. The Hall–Kier alpha value is -0.640. The zero-order valence-electron chi connectivity index (χ0n) is 7.75. The summed E-state index contributed by atoms with van der Waals surface area (Å²) >= 11 is 0.